The van der Waals surface area contributed by atoms with Crippen LogP contribution in [0.3, 0.4) is 0 Å². The number of aromatic nitrogens is 3. The molecule has 0 fully saturated rings. The molecule has 116 valence electrons. The van der Waals surface area contributed by atoms with E-state index < -0.39 is 11.6 Å². The molecule has 0 aliphatic carbocycles. The lowest BCUT2D eigenvalue weighted by atomic mass is 10.3. The largest absolute Gasteiger partial charge is 0.497 e. The Hall–Kier alpha value is -3.35. The summed E-state index contributed by atoms with van der Waals surface area (Å²) in [7, 11) is 1.56. The molecule has 0 spiro atoms. The molecule has 0 bridgehead atoms. The predicted octanol–water partition coefficient (Wildman–Crippen LogP) is 1.82. The molecule has 0 aliphatic rings. The van der Waals surface area contributed by atoms with E-state index in [0.717, 1.165) is 4.68 Å². The Kier molecular flexibility index (Phi) is 3.92. The molecule has 7 nitrogen and oxygen atoms in total. The fraction of sp³-hybridized carbons (Fsp3) is 0.0625. The number of aromatic amines is 1. The summed E-state index contributed by atoms with van der Waals surface area (Å²) >= 11 is 0. The van der Waals surface area contributed by atoms with Gasteiger partial charge in [-0.1, -0.05) is 18.2 Å². The zero-order valence-corrected chi connectivity index (χ0v) is 12.3. The molecule has 0 atom stereocenters. The van der Waals surface area contributed by atoms with E-state index >= 15 is 0 Å². The zero-order valence-electron chi connectivity index (χ0n) is 12.3. The van der Waals surface area contributed by atoms with Gasteiger partial charge in [0.15, 0.2) is 0 Å². The van der Waals surface area contributed by atoms with Crippen LogP contribution in [0.4, 0.5) is 5.69 Å². The summed E-state index contributed by atoms with van der Waals surface area (Å²) in [5.41, 5.74) is 0.680. The molecule has 23 heavy (non-hydrogen) atoms. The number of anilines is 1. The van der Waals surface area contributed by atoms with Gasteiger partial charge in [0.25, 0.3) is 5.91 Å². The molecule has 7 heteroatoms. The highest BCUT2D eigenvalue weighted by Gasteiger charge is 2.14. The number of rotatable bonds is 4. The van der Waals surface area contributed by atoms with Crippen molar-refractivity contribution >= 4 is 11.6 Å². The van der Waals surface area contributed by atoms with Crippen LogP contribution < -0.4 is 15.7 Å². The predicted molar refractivity (Wildman–Crippen MR) is 85.1 cm³/mol. The van der Waals surface area contributed by atoms with Gasteiger partial charge in [0.2, 0.25) is 5.82 Å². The maximum Gasteiger partial charge on any atom is 0.348 e. The average molecular weight is 310 g/mol. The smallest absolute Gasteiger partial charge is 0.348 e. The van der Waals surface area contributed by atoms with Crippen LogP contribution in [0.1, 0.15) is 10.6 Å². The molecule has 1 aromatic heterocycles. The third-order valence-corrected chi connectivity index (χ3v) is 3.18. The first-order chi connectivity index (χ1) is 11.2. The van der Waals surface area contributed by atoms with Crippen molar-refractivity contribution in [1.29, 1.82) is 0 Å². The van der Waals surface area contributed by atoms with E-state index in [-0.39, 0.29) is 5.82 Å². The SMILES string of the molecule is COc1ccc(NC(=O)c2nn(-c3ccccc3)c(=O)[nH]2)cc1. The Balaban J connectivity index is 1.81. The summed E-state index contributed by atoms with van der Waals surface area (Å²) < 4.78 is 6.19. The van der Waals surface area contributed by atoms with Crippen molar-refractivity contribution in [3.05, 3.63) is 70.9 Å². The van der Waals surface area contributed by atoms with Crippen LogP contribution >= 0.6 is 0 Å². The molecule has 0 aliphatic heterocycles. The lowest BCUT2D eigenvalue weighted by molar-refractivity contribution is 0.101. The minimum atomic E-state index is -0.498. The molecule has 0 saturated carbocycles. The van der Waals surface area contributed by atoms with Gasteiger partial charge in [0, 0.05) is 5.69 Å². The standard InChI is InChI=1S/C16H14N4O3/c1-23-13-9-7-11(8-10-13)17-15(21)14-18-16(22)20(19-14)12-5-3-2-4-6-12/h2-10H,1H3,(H,17,21)(H,18,19,22). The van der Waals surface area contributed by atoms with Crippen molar-refractivity contribution in [3.63, 3.8) is 0 Å². The first-order valence-corrected chi connectivity index (χ1v) is 6.87. The molecular formula is C16H14N4O3. The maximum atomic E-state index is 12.2. The van der Waals surface area contributed by atoms with E-state index in [9.17, 15) is 9.59 Å². The van der Waals surface area contributed by atoms with E-state index in [2.05, 4.69) is 15.4 Å². The normalized spacial score (nSPS) is 10.3. The van der Waals surface area contributed by atoms with Gasteiger partial charge in [-0.3, -0.25) is 9.78 Å². The van der Waals surface area contributed by atoms with Gasteiger partial charge in [-0.25, -0.2) is 4.79 Å². The fourth-order valence-electron chi connectivity index (χ4n) is 2.04. The van der Waals surface area contributed by atoms with E-state index in [1.807, 2.05) is 6.07 Å². The Morgan fingerprint density at radius 3 is 2.48 bits per heavy atom. The maximum absolute atomic E-state index is 12.2. The number of amides is 1. The van der Waals surface area contributed by atoms with Gasteiger partial charge in [-0.15, -0.1) is 5.10 Å². The number of hydrogen-bond acceptors (Lipinski definition) is 4. The molecule has 0 radical (unpaired) electrons. The third kappa shape index (κ3) is 3.13. The Morgan fingerprint density at radius 2 is 1.83 bits per heavy atom. The van der Waals surface area contributed by atoms with Crippen LogP contribution in [0, 0.1) is 0 Å². The number of carbonyl (C=O) groups is 1. The second-order valence-corrected chi connectivity index (χ2v) is 4.71. The number of para-hydroxylation sites is 1. The number of carbonyl (C=O) groups excluding carboxylic acids is 1. The summed E-state index contributed by atoms with van der Waals surface area (Å²) in [5, 5.41) is 6.68. The highest BCUT2D eigenvalue weighted by atomic mass is 16.5. The fourth-order valence-corrected chi connectivity index (χ4v) is 2.04. The number of H-pyrrole nitrogens is 1. The molecule has 2 aromatic carbocycles. The second-order valence-electron chi connectivity index (χ2n) is 4.71. The molecule has 1 heterocycles. The third-order valence-electron chi connectivity index (χ3n) is 3.18. The van der Waals surface area contributed by atoms with Gasteiger partial charge in [-0.2, -0.15) is 4.68 Å². The quantitative estimate of drug-likeness (QED) is 0.769. The highest BCUT2D eigenvalue weighted by molar-refractivity contribution is 6.01. The highest BCUT2D eigenvalue weighted by Crippen LogP contribution is 2.15. The summed E-state index contributed by atoms with van der Waals surface area (Å²) in [6, 6.07) is 15.7. The first kappa shape index (κ1) is 14.6. The van der Waals surface area contributed by atoms with Crippen molar-refractivity contribution < 1.29 is 9.53 Å². The number of nitrogens with zero attached hydrogens (tertiary/aromatic N) is 2. The van der Waals surface area contributed by atoms with Crippen LogP contribution in [0.2, 0.25) is 0 Å². The van der Waals surface area contributed by atoms with Crippen molar-refractivity contribution in [2.24, 2.45) is 0 Å². The van der Waals surface area contributed by atoms with Gasteiger partial charge < -0.3 is 10.1 Å². The lowest BCUT2D eigenvalue weighted by Gasteiger charge is -2.04. The van der Waals surface area contributed by atoms with Gasteiger partial charge in [-0.05, 0) is 36.4 Å². The van der Waals surface area contributed by atoms with Crippen LogP contribution in [-0.4, -0.2) is 27.8 Å². The molecule has 0 unspecified atom stereocenters. The van der Waals surface area contributed by atoms with Gasteiger partial charge in [0.05, 0.1) is 12.8 Å². The van der Waals surface area contributed by atoms with Gasteiger partial charge in [0.1, 0.15) is 5.75 Å². The van der Waals surface area contributed by atoms with E-state index in [1.165, 1.54) is 0 Å². The monoisotopic (exact) mass is 310 g/mol. The average Bonchev–Trinajstić information content (AvgIpc) is 2.98. The van der Waals surface area contributed by atoms with E-state index in [0.29, 0.717) is 17.1 Å². The van der Waals surface area contributed by atoms with Crippen LogP contribution in [-0.2, 0) is 0 Å². The number of nitrogens with one attached hydrogen (secondary N) is 2. The summed E-state index contributed by atoms with van der Waals surface area (Å²) in [6.45, 7) is 0. The molecular weight excluding hydrogens is 296 g/mol. The van der Waals surface area contributed by atoms with E-state index in [1.54, 1.807) is 55.6 Å². The van der Waals surface area contributed by atoms with Crippen molar-refractivity contribution in [3.8, 4) is 11.4 Å². The van der Waals surface area contributed by atoms with Crippen LogP contribution in [0.15, 0.2) is 59.4 Å². The minimum absolute atomic E-state index is 0.0605. The number of benzene rings is 2. The summed E-state index contributed by atoms with van der Waals surface area (Å²) in [5.74, 6) is 0.126. The van der Waals surface area contributed by atoms with Crippen molar-refractivity contribution in [2.45, 2.75) is 0 Å². The van der Waals surface area contributed by atoms with Crippen LogP contribution in [0.25, 0.3) is 5.69 Å². The first-order valence-electron chi connectivity index (χ1n) is 6.87. The Morgan fingerprint density at radius 1 is 1.13 bits per heavy atom. The molecule has 3 aromatic rings. The second kappa shape index (κ2) is 6.18. The van der Waals surface area contributed by atoms with Gasteiger partial charge >= 0.3 is 5.69 Å². The molecule has 3 rings (SSSR count). The Labute approximate surface area is 131 Å². The number of methoxy groups -OCH3 is 1. The molecule has 2 N–H and O–H groups in total. The Bertz CT molecular complexity index is 866. The number of hydrogen-bond donors (Lipinski definition) is 2. The van der Waals surface area contributed by atoms with Crippen molar-refractivity contribution in [1.82, 2.24) is 14.8 Å². The molecule has 1 amide bonds. The minimum Gasteiger partial charge on any atom is -0.497 e. The topological polar surface area (TPSA) is 89.0 Å². The summed E-state index contributed by atoms with van der Waals surface area (Å²) in [6.07, 6.45) is 0. The van der Waals surface area contributed by atoms with Crippen LogP contribution in [0.5, 0.6) is 5.75 Å². The lowest BCUT2D eigenvalue weighted by Crippen LogP contribution is -2.15. The van der Waals surface area contributed by atoms with E-state index in [4.69, 9.17) is 4.74 Å². The number of ether oxygens (including phenoxy) is 1. The zero-order chi connectivity index (χ0) is 16.2. The molecule has 0 saturated heterocycles. The van der Waals surface area contributed by atoms with Crippen molar-refractivity contribution in [2.75, 3.05) is 12.4 Å². The summed E-state index contributed by atoms with van der Waals surface area (Å²) in [4.78, 5) is 26.6.